The molecule has 2 heteroatoms. The van der Waals surface area contributed by atoms with Crippen molar-refractivity contribution < 1.29 is 9.53 Å². The molecule has 0 saturated carbocycles. The van der Waals surface area contributed by atoms with Gasteiger partial charge in [-0.1, -0.05) is 60.7 Å². The first-order valence-electron chi connectivity index (χ1n) is 7.57. The number of carbonyl (C=O) groups is 1. The summed E-state index contributed by atoms with van der Waals surface area (Å²) < 4.78 is 5.46. The summed E-state index contributed by atoms with van der Waals surface area (Å²) >= 11 is 0. The molecule has 1 aliphatic rings. The molecule has 0 amide bonds. The molecule has 4 rings (SSSR count). The number of benzene rings is 3. The van der Waals surface area contributed by atoms with Crippen LogP contribution in [-0.2, 0) is 11.2 Å². The topological polar surface area (TPSA) is 26.3 Å². The van der Waals surface area contributed by atoms with E-state index in [1.165, 1.54) is 16.3 Å². The van der Waals surface area contributed by atoms with Gasteiger partial charge in [0, 0.05) is 0 Å². The summed E-state index contributed by atoms with van der Waals surface area (Å²) in [5.74, 6) is 0.722. The lowest BCUT2D eigenvalue weighted by Gasteiger charge is -2.14. The molecule has 0 fully saturated rings. The van der Waals surface area contributed by atoms with Crippen LogP contribution in [0, 0.1) is 0 Å². The molecule has 1 unspecified atom stereocenters. The van der Waals surface area contributed by atoms with E-state index in [-0.39, 0.29) is 11.9 Å². The maximum Gasteiger partial charge on any atom is 0.311 e. The number of esters is 1. The largest absolute Gasteiger partial charge is 0.426 e. The van der Waals surface area contributed by atoms with Crippen molar-refractivity contribution in [3.05, 3.63) is 77.9 Å². The first-order valence-corrected chi connectivity index (χ1v) is 7.57. The van der Waals surface area contributed by atoms with Gasteiger partial charge in [0.15, 0.2) is 0 Å². The normalized spacial score (nSPS) is 17.6. The van der Waals surface area contributed by atoms with E-state index in [1.807, 2.05) is 36.4 Å². The van der Waals surface area contributed by atoms with Crippen molar-refractivity contribution in [2.75, 3.05) is 0 Å². The molecule has 1 aliphatic heterocycles. The van der Waals surface area contributed by atoms with Crippen molar-refractivity contribution in [2.45, 2.75) is 18.8 Å². The monoisotopic (exact) mass is 288 g/mol. The molecule has 0 aliphatic carbocycles. The van der Waals surface area contributed by atoms with Gasteiger partial charge in [0.05, 0.1) is 6.42 Å². The molecule has 0 spiro atoms. The predicted molar refractivity (Wildman–Crippen MR) is 87.1 cm³/mol. The zero-order valence-corrected chi connectivity index (χ0v) is 12.2. The summed E-state index contributed by atoms with van der Waals surface area (Å²) in [5.41, 5.74) is 2.30. The van der Waals surface area contributed by atoms with Crippen LogP contribution in [0.2, 0.25) is 0 Å². The van der Waals surface area contributed by atoms with Gasteiger partial charge < -0.3 is 4.74 Å². The zero-order chi connectivity index (χ0) is 14.9. The highest BCUT2D eigenvalue weighted by atomic mass is 16.5. The third kappa shape index (κ3) is 2.37. The van der Waals surface area contributed by atoms with E-state index in [0.29, 0.717) is 12.2 Å². The molecule has 0 saturated heterocycles. The number of carbonyl (C=O) groups excluding carboxylic acids is 1. The molecule has 3 aromatic rings. The second kappa shape index (κ2) is 5.30. The number of hydrogen-bond acceptors (Lipinski definition) is 2. The first-order chi connectivity index (χ1) is 10.8. The SMILES string of the molecule is O=C1CC(c2ccc3ccccc3c2)Cc2ccccc2O1. The van der Waals surface area contributed by atoms with Gasteiger partial charge in [-0.25, -0.2) is 0 Å². The average Bonchev–Trinajstić information content (AvgIpc) is 2.72. The Balaban J connectivity index is 1.75. The Morgan fingerprint density at radius 2 is 1.59 bits per heavy atom. The minimum Gasteiger partial charge on any atom is -0.426 e. The Labute approximate surface area is 129 Å². The minimum absolute atomic E-state index is 0.150. The van der Waals surface area contributed by atoms with E-state index in [0.717, 1.165) is 12.0 Å². The molecule has 0 N–H and O–H groups in total. The van der Waals surface area contributed by atoms with Gasteiger partial charge in [0.1, 0.15) is 5.75 Å². The van der Waals surface area contributed by atoms with Gasteiger partial charge in [-0.2, -0.15) is 0 Å². The lowest BCUT2D eigenvalue weighted by molar-refractivity contribution is -0.134. The average molecular weight is 288 g/mol. The van der Waals surface area contributed by atoms with Crippen molar-refractivity contribution in [1.29, 1.82) is 0 Å². The van der Waals surface area contributed by atoms with Crippen LogP contribution in [0.1, 0.15) is 23.5 Å². The fourth-order valence-corrected chi connectivity index (χ4v) is 3.17. The summed E-state index contributed by atoms with van der Waals surface area (Å²) in [6.07, 6.45) is 1.26. The van der Waals surface area contributed by atoms with E-state index >= 15 is 0 Å². The van der Waals surface area contributed by atoms with Crippen molar-refractivity contribution >= 4 is 16.7 Å². The molecule has 1 atom stereocenters. The Morgan fingerprint density at radius 1 is 0.818 bits per heavy atom. The lowest BCUT2D eigenvalue weighted by Crippen LogP contribution is -2.10. The smallest absolute Gasteiger partial charge is 0.311 e. The lowest BCUT2D eigenvalue weighted by atomic mass is 9.88. The molecule has 0 bridgehead atoms. The minimum atomic E-state index is -0.150. The fraction of sp³-hybridized carbons (Fsp3) is 0.150. The number of hydrogen-bond donors (Lipinski definition) is 0. The van der Waals surface area contributed by atoms with Crippen LogP contribution in [0.25, 0.3) is 10.8 Å². The molecular formula is C20H16O2. The van der Waals surface area contributed by atoms with Gasteiger partial charge in [0.25, 0.3) is 0 Å². The molecule has 22 heavy (non-hydrogen) atoms. The van der Waals surface area contributed by atoms with E-state index in [1.54, 1.807) is 0 Å². The molecule has 0 radical (unpaired) electrons. The standard InChI is InChI=1S/C20H16O2/c21-20-13-18(12-17-7-3-4-8-19(17)22-20)16-10-9-14-5-1-2-6-15(14)11-16/h1-11,18H,12-13H2. The van der Waals surface area contributed by atoms with Crippen molar-refractivity contribution in [3.8, 4) is 5.75 Å². The van der Waals surface area contributed by atoms with Gasteiger partial charge in [-0.15, -0.1) is 0 Å². The molecule has 3 aromatic carbocycles. The van der Waals surface area contributed by atoms with Crippen LogP contribution in [0.5, 0.6) is 5.75 Å². The summed E-state index contributed by atoms with van der Waals surface area (Å²) in [6.45, 7) is 0. The van der Waals surface area contributed by atoms with Crippen LogP contribution in [0.3, 0.4) is 0 Å². The number of fused-ring (bicyclic) bond motifs is 2. The maximum absolute atomic E-state index is 12.1. The second-order valence-corrected chi connectivity index (χ2v) is 5.79. The summed E-state index contributed by atoms with van der Waals surface area (Å²) in [4.78, 5) is 12.1. The highest BCUT2D eigenvalue weighted by molar-refractivity contribution is 5.83. The zero-order valence-electron chi connectivity index (χ0n) is 12.2. The van der Waals surface area contributed by atoms with Crippen LogP contribution in [0.15, 0.2) is 66.7 Å². The van der Waals surface area contributed by atoms with Crippen molar-refractivity contribution in [1.82, 2.24) is 0 Å². The van der Waals surface area contributed by atoms with E-state index in [9.17, 15) is 4.79 Å². The Kier molecular flexibility index (Phi) is 3.15. The molecule has 0 aromatic heterocycles. The third-order valence-corrected chi connectivity index (χ3v) is 4.32. The number of para-hydroxylation sites is 1. The van der Waals surface area contributed by atoms with Crippen LogP contribution < -0.4 is 4.74 Å². The van der Waals surface area contributed by atoms with Crippen LogP contribution in [0.4, 0.5) is 0 Å². The maximum atomic E-state index is 12.1. The van der Waals surface area contributed by atoms with Gasteiger partial charge in [-0.3, -0.25) is 4.79 Å². The summed E-state index contributed by atoms with van der Waals surface area (Å²) in [5, 5.41) is 2.44. The number of ether oxygens (including phenoxy) is 1. The van der Waals surface area contributed by atoms with E-state index < -0.39 is 0 Å². The molecule has 1 heterocycles. The van der Waals surface area contributed by atoms with Gasteiger partial charge >= 0.3 is 5.97 Å². The number of rotatable bonds is 1. The second-order valence-electron chi connectivity index (χ2n) is 5.79. The fourth-order valence-electron chi connectivity index (χ4n) is 3.17. The Bertz CT molecular complexity index is 851. The van der Waals surface area contributed by atoms with Crippen LogP contribution >= 0.6 is 0 Å². The van der Waals surface area contributed by atoms with Gasteiger partial charge in [0.2, 0.25) is 0 Å². The van der Waals surface area contributed by atoms with E-state index in [2.05, 4.69) is 30.3 Å². The summed E-state index contributed by atoms with van der Waals surface area (Å²) in [6, 6.07) is 22.6. The quantitative estimate of drug-likeness (QED) is 0.487. The Hall–Kier alpha value is -2.61. The van der Waals surface area contributed by atoms with Crippen molar-refractivity contribution in [2.24, 2.45) is 0 Å². The van der Waals surface area contributed by atoms with Crippen LogP contribution in [-0.4, -0.2) is 5.97 Å². The summed E-state index contributed by atoms with van der Waals surface area (Å²) in [7, 11) is 0. The highest BCUT2D eigenvalue weighted by Gasteiger charge is 2.24. The Morgan fingerprint density at radius 3 is 2.50 bits per heavy atom. The highest BCUT2D eigenvalue weighted by Crippen LogP contribution is 2.33. The third-order valence-electron chi connectivity index (χ3n) is 4.32. The molecule has 108 valence electrons. The van der Waals surface area contributed by atoms with Gasteiger partial charge in [-0.05, 0) is 40.3 Å². The first kappa shape index (κ1) is 13.1. The molecule has 2 nitrogen and oxygen atoms in total. The predicted octanol–water partition coefficient (Wildman–Crippen LogP) is 4.48. The van der Waals surface area contributed by atoms with E-state index in [4.69, 9.17) is 4.74 Å². The molecular weight excluding hydrogens is 272 g/mol. The van der Waals surface area contributed by atoms with Crippen molar-refractivity contribution in [3.63, 3.8) is 0 Å².